The van der Waals surface area contributed by atoms with Gasteiger partial charge in [0.05, 0.1) is 18.2 Å². The van der Waals surface area contributed by atoms with Crippen molar-refractivity contribution in [3.05, 3.63) is 66.5 Å². The maximum atomic E-state index is 12.4. The van der Waals surface area contributed by atoms with Crippen LogP contribution in [0.5, 0.6) is 0 Å². The van der Waals surface area contributed by atoms with Gasteiger partial charge in [0.1, 0.15) is 0 Å². The lowest BCUT2D eigenvalue weighted by Gasteiger charge is -2.09. The highest BCUT2D eigenvalue weighted by Crippen LogP contribution is 2.20. The summed E-state index contributed by atoms with van der Waals surface area (Å²) in [4.78, 5) is 28.6. The fraction of sp³-hybridized carbons (Fsp3) is 0.200. The summed E-state index contributed by atoms with van der Waals surface area (Å²) >= 11 is 0. The van der Waals surface area contributed by atoms with E-state index in [4.69, 9.17) is 4.74 Å². The molecule has 0 aliphatic heterocycles. The molecule has 3 rings (SSSR count). The van der Waals surface area contributed by atoms with E-state index in [-0.39, 0.29) is 24.3 Å². The molecule has 0 saturated heterocycles. The number of carbonyl (C=O) groups is 2. The van der Waals surface area contributed by atoms with Crippen LogP contribution in [0.15, 0.2) is 60.7 Å². The first-order chi connectivity index (χ1) is 13.6. The van der Waals surface area contributed by atoms with Crippen molar-refractivity contribution in [3.8, 4) is 17.1 Å². The van der Waals surface area contributed by atoms with Crippen LogP contribution in [0.3, 0.4) is 0 Å². The lowest BCUT2D eigenvalue weighted by molar-refractivity contribution is -0.124. The van der Waals surface area contributed by atoms with Crippen LogP contribution in [0.4, 0.5) is 0 Å². The second-order valence-corrected chi connectivity index (χ2v) is 6.13. The van der Waals surface area contributed by atoms with Crippen LogP contribution >= 0.6 is 0 Å². The Morgan fingerprint density at radius 1 is 1.04 bits per heavy atom. The standard InChI is InChI=1S/C20H21N5O3/c1-14(28-2)13-17(26)22-23-20(27)18-21-19(15-9-5-3-6-10-15)25(24-18)16-11-7-4-8-12-16/h3-12,14H,13H2,1-2H3,(H,22,26)(H,23,27). The van der Waals surface area contributed by atoms with E-state index < -0.39 is 5.91 Å². The van der Waals surface area contributed by atoms with Crippen LogP contribution in [-0.2, 0) is 9.53 Å². The first-order valence-electron chi connectivity index (χ1n) is 8.78. The molecule has 0 fully saturated rings. The van der Waals surface area contributed by atoms with Gasteiger partial charge in [-0.2, -0.15) is 0 Å². The molecule has 0 aliphatic rings. The second-order valence-electron chi connectivity index (χ2n) is 6.13. The van der Waals surface area contributed by atoms with Gasteiger partial charge in [-0.05, 0) is 19.1 Å². The molecule has 2 aromatic carbocycles. The van der Waals surface area contributed by atoms with Crippen molar-refractivity contribution in [1.29, 1.82) is 0 Å². The molecule has 2 amide bonds. The normalized spacial score (nSPS) is 11.6. The van der Waals surface area contributed by atoms with Gasteiger partial charge in [-0.3, -0.25) is 20.4 Å². The summed E-state index contributed by atoms with van der Waals surface area (Å²) in [7, 11) is 1.52. The molecule has 1 heterocycles. The molecule has 0 aliphatic carbocycles. The largest absolute Gasteiger partial charge is 0.381 e. The average Bonchev–Trinajstić information content (AvgIpc) is 3.19. The lowest BCUT2D eigenvalue weighted by Crippen LogP contribution is -2.43. The van der Waals surface area contributed by atoms with Gasteiger partial charge in [0.2, 0.25) is 11.7 Å². The first kappa shape index (κ1) is 19.2. The zero-order chi connectivity index (χ0) is 19.9. The summed E-state index contributed by atoms with van der Waals surface area (Å²) in [6, 6.07) is 18.8. The number of aromatic nitrogens is 3. The van der Waals surface area contributed by atoms with Gasteiger partial charge in [0.25, 0.3) is 0 Å². The van der Waals surface area contributed by atoms with Crippen LogP contribution in [0, 0.1) is 0 Å². The molecule has 2 N–H and O–H groups in total. The third-order valence-electron chi connectivity index (χ3n) is 4.03. The SMILES string of the molecule is COC(C)CC(=O)NNC(=O)c1nc(-c2ccccc2)n(-c2ccccc2)n1. The highest BCUT2D eigenvalue weighted by Gasteiger charge is 2.19. The Bertz CT molecular complexity index is 884. The number of ether oxygens (including phenoxy) is 1. The number of hydrogen-bond acceptors (Lipinski definition) is 5. The minimum atomic E-state index is -0.606. The number of nitrogens with one attached hydrogen (secondary N) is 2. The third kappa shape index (κ3) is 4.60. The van der Waals surface area contributed by atoms with Gasteiger partial charge in [-0.25, -0.2) is 9.67 Å². The molecule has 0 saturated carbocycles. The Hall–Kier alpha value is -3.52. The quantitative estimate of drug-likeness (QED) is 0.639. The van der Waals surface area contributed by atoms with Gasteiger partial charge < -0.3 is 4.74 Å². The van der Waals surface area contributed by atoms with Crippen LogP contribution < -0.4 is 10.9 Å². The van der Waals surface area contributed by atoms with Gasteiger partial charge in [-0.15, -0.1) is 5.10 Å². The highest BCUT2D eigenvalue weighted by atomic mass is 16.5. The molecule has 0 spiro atoms. The molecule has 8 nitrogen and oxygen atoms in total. The van der Waals surface area contributed by atoms with E-state index in [0.717, 1.165) is 11.3 Å². The summed E-state index contributed by atoms with van der Waals surface area (Å²) in [6.07, 6.45) is -0.130. The van der Waals surface area contributed by atoms with Crippen LogP contribution in [-0.4, -0.2) is 39.8 Å². The number of hydrogen-bond donors (Lipinski definition) is 2. The second kappa shape index (κ2) is 8.92. The van der Waals surface area contributed by atoms with Crippen LogP contribution in [0.2, 0.25) is 0 Å². The number of methoxy groups -OCH3 is 1. The number of amides is 2. The van der Waals surface area contributed by atoms with E-state index >= 15 is 0 Å². The van der Waals surface area contributed by atoms with Gasteiger partial charge in [-0.1, -0.05) is 48.5 Å². The zero-order valence-electron chi connectivity index (χ0n) is 15.6. The number of nitrogens with zero attached hydrogens (tertiary/aromatic N) is 3. The Morgan fingerprint density at radius 2 is 1.68 bits per heavy atom. The number of hydrazine groups is 1. The summed E-state index contributed by atoms with van der Waals surface area (Å²) in [5, 5.41) is 4.33. The van der Waals surface area contributed by atoms with E-state index in [1.54, 1.807) is 11.6 Å². The predicted molar refractivity (Wildman–Crippen MR) is 103 cm³/mol. The van der Waals surface area contributed by atoms with Crippen LogP contribution in [0.25, 0.3) is 17.1 Å². The third-order valence-corrected chi connectivity index (χ3v) is 4.03. The van der Waals surface area contributed by atoms with E-state index in [9.17, 15) is 9.59 Å². The number of carbonyl (C=O) groups excluding carboxylic acids is 2. The van der Waals surface area contributed by atoms with Crippen molar-refractivity contribution < 1.29 is 14.3 Å². The Labute approximate surface area is 162 Å². The minimum Gasteiger partial charge on any atom is -0.381 e. The van der Waals surface area contributed by atoms with Crippen molar-refractivity contribution >= 4 is 11.8 Å². The minimum absolute atomic E-state index is 0.0530. The van der Waals surface area contributed by atoms with E-state index in [2.05, 4.69) is 20.9 Å². The zero-order valence-corrected chi connectivity index (χ0v) is 15.6. The van der Waals surface area contributed by atoms with Gasteiger partial charge in [0, 0.05) is 12.7 Å². The van der Waals surface area contributed by atoms with E-state index in [1.807, 2.05) is 60.7 Å². The average molecular weight is 379 g/mol. The number of rotatable bonds is 6. The molecule has 28 heavy (non-hydrogen) atoms. The first-order valence-corrected chi connectivity index (χ1v) is 8.78. The van der Waals surface area contributed by atoms with E-state index in [0.29, 0.717) is 5.82 Å². The monoisotopic (exact) mass is 379 g/mol. The van der Waals surface area contributed by atoms with Crippen molar-refractivity contribution in [2.75, 3.05) is 7.11 Å². The Kier molecular flexibility index (Phi) is 6.13. The maximum Gasteiger partial charge on any atom is 0.309 e. The van der Waals surface area contributed by atoms with E-state index in [1.165, 1.54) is 7.11 Å². The smallest absolute Gasteiger partial charge is 0.309 e. The summed E-state index contributed by atoms with van der Waals surface area (Å²) in [6.45, 7) is 1.76. The maximum absolute atomic E-state index is 12.4. The molecule has 144 valence electrons. The molecule has 8 heteroatoms. The molecule has 1 unspecified atom stereocenters. The molecule has 1 atom stereocenters. The van der Waals surface area contributed by atoms with Crippen molar-refractivity contribution in [2.45, 2.75) is 19.4 Å². The summed E-state index contributed by atoms with van der Waals surface area (Å²) in [5.41, 5.74) is 6.27. The molecule has 0 bridgehead atoms. The van der Waals surface area contributed by atoms with Crippen molar-refractivity contribution in [3.63, 3.8) is 0 Å². The molecule has 0 radical (unpaired) electrons. The number of para-hydroxylation sites is 1. The highest BCUT2D eigenvalue weighted by molar-refractivity contribution is 5.92. The van der Waals surface area contributed by atoms with Crippen molar-refractivity contribution in [1.82, 2.24) is 25.6 Å². The molecule has 3 aromatic rings. The fourth-order valence-corrected chi connectivity index (χ4v) is 2.51. The fourth-order valence-electron chi connectivity index (χ4n) is 2.51. The summed E-state index contributed by atoms with van der Waals surface area (Å²) in [5.74, 6) is -0.502. The van der Waals surface area contributed by atoms with Crippen LogP contribution in [0.1, 0.15) is 24.0 Å². The van der Waals surface area contributed by atoms with Crippen molar-refractivity contribution in [2.24, 2.45) is 0 Å². The topological polar surface area (TPSA) is 98.1 Å². The molecule has 1 aromatic heterocycles. The predicted octanol–water partition coefficient (Wildman–Crippen LogP) is 2.12. The molecular weight excluding hydrogens is 358 g/mol. The number of benzene rings is 2. The van der Waals surface area contributed by atoms with Gasteiger partial charge >= 0.3 is 5.91 Å². The Balaban J connectivity index is 1.83. The van der Waals surface area contributed by atoms with Gasteiger partial charge in [0.15, 0.2) is 5.82 Å². The molecular formula is C20H21N5O3. The summed E-state index contributed by atoms with van der Waals surface area (Å²) < 4.78 is 6.62. The lowest BCUT2D eigenvalue weighted by atomic mass is 10.2. The Morgan fingerprint density at radius 3 is 2.32 bits per heavy atom.